The van der Waals surface area contributed by atoms with Crippen LogP contribution in [0, 0.1) is 24.7 Å². The maximum atomic E-state index is 13.3. The standard InChI is InChI=1S/C19H25N5O/c1-12-7-20-18(21-8-12)23-10-15-5-6-19(16(15)11-23)17(25)24(13(2)22-19)9-14-3-4-14/h7-8,14-16H,3-6,9-11H2,1-2H3/t15-,16-,19+/m1/s1. The Kier molecular flexibility index (Phi) is 3.21. The van der Waals surface area contributed by atoms with Gasteiger partial charge in [-0.3, -0.25) is 14.7 Å². The molecule has 1 spiro atoms. The van der Waals surface area contributed by atoms with E-state index in [4.69, 9.17) is 4.99 Å². The van der Waals surface area contributed by atoms with Gasteiger partial charge in [0.05, 0.1) is 0 Å². The second kappa shape index (κ2) is 5.26. The van der Waals surface area contributed by atoms with E-state index in [1.54, 1.807) is 0 Å². The number of amides is 1. The van der Waals surface area contributed by atoms with Crippen LogP contribution >= 0.6 is 0 Å². The fraction of sp³-hybridized carbons (Fsp3) is 0.684. The lowest BCUT2D eigenvalue weighted by Crippen LogP contribution is -2.47. The quantitative estimate of drug-likeness (QED) is 0.845. The highest BCUT2D eigenvalue weighted by molar-refractivity contribution is 6.07. The van der Waals surface area contributed by atoms with Crippen molar-refractivity contribution in [3.8, 4) is 0 Å². The minimum atomic E-state index is -0.511. The first-order valence-corrected chi connectivity index (χ1v) is 9.49. The van der Waals surface area contributed by atoms with Crippen LogP contribution in [-0.2, 0) is 4.79 Å². The Bertz CT molecular complexity index is 741. The van der Waals surface area contributed by atoms with Crippen LogP contribution in [0.2, 0.25) is 0 Å². The van der Waals surface area contributed by atoms with Gasteiger partial charge in [-0.2, -0.15) is 0 Å². The van der Waals surface area contributed by atoms with Gasteiger partial charge in [0.25, 0.3) is 5.91 Å². The molecule has 2 saturated carbocycles. The summed E-state index contributed by atoms with van der Waals surface area (Å²) in [4.78, 5) is 31.5. The molecule has 1 amide bonds. The van der Waals surface area contributed by atoms with E-state index in [1.165, 1.54) is 12.8 Å². The summed E-state index contributed by atoms with van der Waals surface area (Å²) >= 11 is 0. The first-order valence-electron chi connectivity index (χ1n) is 9.49. The number of hydrogen-bond acceptors (Lipinski definition) is 5. The Morgan fingerprint density at radius 2 is 1.92 bits per heavy atom. The van der Waals surface area contributed by atoms with Gasteiger partial charge >= 0.3 is 0 Å². The number of nitrogens with zero attached hydrogens (tertiary/aromatic N) is 5. The van der Waals surface area contributed by atoms with Crippen molar-refractivity contribution in [2.45, 2.75) is 45.1 Å². The molecule has 132 valence electrons. The molecule has 6 nitrogen and oxygen atoms in total. The number of aromatic nitrogens is 2. The Balaban J connectivity index is 1.39. The van der Waals surface area contributed by atoms with Crippen molar-refractivity contribution in [1.82, 2.24) is 14.9 Å². The number of anilines is 1. The zero-order valence-electron chi connectivity index (χ0n) is 15.0. The van der Waals surface area contributed by atoms with Gasteiger partial charge in [0.1, 0.15) is 11.4 Å². The van der Waals surface area contributed by atoms with Gasteiger partial charge < -0.3 is 4.90 Å². The van der Waals surface area contributed by atoms with E-state index in [0.29, 0.717) is 17.8 Å². The van der Waals surface area contributed by atoms with E-state index in [9.17, 15) is 4.79 Å². The number of hydrogen-bond donors (Lipinski definition) is 0. The van der Waals surface area contributed by atoms with Crippen molar-refractivity contribution >= 4 is 17.7 Å². The Morgan fingerprint density at radius 3 is 2.64 bits per heavy atom. The molecular weight excluding hydrogens is 314 g/mol. The second-order valence-electron chi connectivity index (χ2n) is 8.31. The van der Waals surface area contributed by atoms with Crippen molar-refractivity contribution in [3.05, 3.63) is 18.0 Å². The highest BCUT2D eigenvalue weighted by atomic mass is 16.2. The third-order valence-electron chi connectivity index (χ3n) is 6.51. The third-order valence-corrected chi connectivity index (χ3v) is 6.51. The van der Waals surface area contributed by atoms with Gasteiger partial charge in [0.2, 0.25) is 5.95 Å². The number of rotatable bonds is 3. The lowest BCUT2D eigenvalue weighted by molar-refractivity contribution is -0.132. The minimum absolute atomic E-state index is 0.260. The summed E-state index contributed by atoms with van der Waals surface area (Å²) in [5.74, 6) is 3.49. The predicted molar refractivity (Wildman–Crippen MR) is 95.5 cm³/mol. The molecule has 3 heterocycles. The van der Waals surface area contributed by atoms with Gasteiger partial charge in [-0.15, -0.1) is 0 Å². The fourth-order valence-electron chi connectivity index (χ4n) is 4.96. The van der Waals surface area contributed by atoms with Crippen LogP contribution in [0.4, 0.5) is 5.95 Å². The Hall–Kier alpha value is -1.98. The molecule has 25 heavy (non-hydrogen) atoms. The van der Waals surface area contributed by atoms with E-state index in [-0.39, 0.29) is 5.91 Å². The van der Waals surface area contributed by atoms with Crippen LogP contribution in [0.15, 0.2) is 17.4 Å². The molecule has 0 radical (unpaired) electrons. The number of fused-ring (bicyclic) bond motifs is 2. The summed E-state index contributed by atoms with van der Waals surface area (Å²) < 4.78 is 0. The molecule has 4 aliphatic rings. The Labute approximate surface area is 148 Å². The molecule has 0 bridgehead atoms. The van der Waals surface area contributed by atoms with Gasteiger partial charge in [0, 0.05) is 37.9 Å². The molecule has 3 fully saturated rings. The first kappa shape index (κ1) is 15.3. The van der Waals surface area contributed by atoms with E-state index < -0.39 is 5.54 Å². The molecule has 3 atom stereocenters. The predicted octanol–water partition coefficient (Wildman–Crippen LogP) is 2.04. The van der Waals surface area contributed by atoms with Gasteiger partial charge in [-0.05, 0) is 56.9 Å². The first-order chi connectivity index (χ1) is 12.1. The normalized spacial score (nSPS) is 34.2. The van der Waals surface area contributed by atoms with Gasteiger partial charge in [-0.1, -0.05) is 0 Å². The lowest BCUT2D eigenvalue weighted by atomic mass is 9.85. The largest absolute Gasteiger partial charge is 0.340 e. The molecular formula is C19H25N5O. The lowest BCUT2D eigenvalue weighted by Gasteiger charge is -2.28. The maximum absolute atomic E-state index is 13.3. The fourth-order valence-corrected chi connectivity index (χ4v) is 4.96. The smallest absolute Gasteiger partial charge is 0.256 e. The molecule has 1 aromatic heterocycles. The van der Waals surface area contributed by atoms with Crippen LogP contribution < -0.4 is 4.90 Å². The van der Waals surface area contributed by atoms with Crippen molar-refractivity contribution in [1.29, 1.82) is 0 Å². The molecule has 0 unspecified atom stereocenters. The summed E-state index contributed by atoms with van der Waals surface area (Å²) in [6.45, 7) is 6.67. The highest BCUT2D eigenvalue weighted by Gasteiger charge is 2.61. The van der Waals surface area contributed by atoms with E-state index in [2.05, 4.69) is 14.9 Å². The summed E-state index contributed by atoms with van der Waals surface area (Å²) in [5, 5.41) is 0. The van der Waals surface area contributed by atoms with Crippen molar-refractivity contribution < 1.29 is 4.79 Å². The van der Waals surface area contributed by atoms with E-state index in [1.807, 2.05) is 31.1 Å². The topological polar surface area (TPSA) is 61.7 Å². The molecule has 5 rings (SSSR count). The monoisotopic (exact) mass is 339 g/mol. The third kappa shape index (κ3) is 2.29. The average molecular weight is 339 g/mol. The van der Waals surface area contributed by atoms with Crippen molar-refractivity contribution in [2.75, 3.05) is 24.5 Å². The van der Waals surface area contributed by atoms with Crippen LogP contribution in [0.3, 0.4) is 0 Å². The summed E-state index contributed by atoms with van der Waals surface area (Å²) in [6, 6.07) is 0. The number of carbonyl (C=O) groups is 1. The SMILES string of the molecule is CC1=N[C@]2(CC[C@@H]3CN(c4ncc(C)cn4)C[C@H]32)C(=O)N1CC1CC1. The van der Waals surface area contributed by atoms with Crippen LogP contribution in [0.5, 0.6) is 0 Å². The summed E-state index contributed by atoms with van der Waals surface area (Å²) in [7, 11) is 0. The van der Waals surface area contributed by atoms with Crippen molar-refractivity contribution in [2.24, 2.45) is 22.7 Å². The van der Waals surface area contributed by atoms with Gasteiger partial charge in [0.15, 0.2) is 0 Å². The average Bonchev–Trinajstić information content (AvgIpc) is 3.14. The molecule has 2 aliphatic heterocycles. The van der Waals surface area contributed by atoms with Crippen LogP contribution in [0.25, 0.3) is 0 Å². The second-order valence-corrected chi connectivity index (χ2v) is 8.31. The molecule has 0 aromatic carbocycles. The number of aryl methyl sites for hydroxylation is 1. The maximum Gasteiger partial charge on any atom is 0.256 e. The van der Waals surface area contributed by atoms with Crippen molar-refractivity contribution in [3.63, 3.8) is 0 Å². The molecule has 0 N–H and O–H groups in total. The summed E-state index contributed by atoms with van der Waals surface area (Å²) in [6.07, 6.45) is 8.23. The molecule has 6 heteroatoms. The van der Waals surface area contributed by atoms with Crippen LogP contribution in [0.1, 0.15) is 38.2 Å². The summed E-state index contributed by atoms with van der Waals surface area (Å²) in [5.41, 5.74) is 0.560. The molecule has 1 aromatic rings. The molecule has 2 aliphatic carbocycles. The zero-order chi connectivity index (χ0) is 17.2. The highest BCUT2D eigenvalue weighted by Crippen LogP contribution is 2.51. The Morgan fingerprint density at radius 1 is 1.16 bits per heavy atom. The number of amidine groups is 1. The zero-order valence-corrected chi connectivity index (χ0v) is 15.0. The molecule has 1 saturated heterocycles. The van der Waals surface area contributed by atoms with Crippen LogP contribution in [-0.4, -0.2) is 51.8 Å². The number of carbonyl (C=O) groups excluding carboxylic acids is 1. The van der Waals surface area contributed by atoms with E-state index >= 15 is 0 Å². The minimum Gasteiger partial charge on any atom is -0.340 e. The van der Waals surface area contributed by atoms with E-state index in [0.717, 1.165) is 49.8 Å². The van der Waals surface area contributed by atoms with Gasteiger partial charge in [-0.25, -0.2) is 9.97 Å². The number of aliphatic imine (C=N–C) groups is 1.